The Morgan fingerprint density at radius 2 is 1.75 bits per heavy atom. The zero-order valence-electron chi connectivity index (χ0n) is 17.1. The first-order valence-electron chi connectivity index (χ1n) is 10.0. The Morgan fingerprint density at radius 3 is 2.41 bits per heavy atom. The van der Waals surface area contributed by atoms with Crippen molar-refractivity contribution in [3.05, 3.63) is 47.0 Å². The number of carbonyl (C=O) groups excluding carboxylic acids is 1. The molecule has 2 heterocycles. The number of hydrogen-bond donors (Lipinski definition) is 6. The maximum atomic E-state index is 12.7. The van der Waals surface area contributed by atoms with Gasteiger partial charge in [-0.25, -0.2) is 0 Å². The van der Waals surface area contributed by atoms with Crippen LogP contribution in [0.3, 0.4) is 0 Å². The van der Waals surface area contributed by atoms with Gasteiger partial charge in [-0.1, -0.05) is 12.1 Å². The number of ketones is 1. The summed E-state index contributed by atoms with van der Waals surface area (Å²) in [5.41, 5.74) is 0.831. The van der Waals surface area contributed by atoms with E-state index < -0.39 is 43.4 Å². The Kier molecular flexibility index (Phi) is 5.97. The fraction of sp³-hybridized carbons (Fsp3) is 0.409. The molecule has 10 nitrogen and oxygen atoms in total. The predicted molar refractivity (Wildman–Crippen MR) is 108 cm³/mol. The van der Waals surface area contributed by atoms with Gasteiger partial charge in [-0.3, -0.25) is 4.79 Å². The van der Waals surface area contributed by atoms with Gasteiger partial charge in [0, 0.05) is 11.6 Å². The van der Waals surface area contributed by atoms with Gasteiger partial charge in [-0.15, -0.1) is 0 Å². The standard InChI is InChI=1S/C22H24O10/c1-9-13(31-22-21(29)20(28)19(27)16(8-23)32-22)7-15-17(18(9)26)12(25)6-14(30-15)10-2-4-11(24)5-3-10/h2-5,7,14,16,19-24,26-29H,6,8H2,1H3/t14?,16-,19-,20+,21-,22-/m1/s1. The molecule has 0 aliphatic carbocycles. The van der Waals surface area contributed by atoms with Crippen molar-refractivity contribution in [3.8, 4) is 23.0 Å². The number of benzene rings is 2. The third-order valence-corrected chi connectivity index (χ3v) is 5.75. The average molecular weight is 448 g/mol. The number of rotatable bonds is 4. The van der Waals surface area contributed by atoms with E-state index in [-0.39, 0.29) is 46.3 Å². The van der Waals surface area contributed by atoms with E-state index in [1.807, 2.05) is 0 Å². The molecular weight excluding hydrogens is 424 g/mol. The average Bonchev–Trinajstić information content (AvgIpc) is 2.77. The molecule has 4 rings (SSSR count). The summed E-state index contributed by atoms with van der Waals surface area (Å²) < 4.78 is 16.9. The van der Waals surface area contributed by atoms with Crippen molar-refractivity contribution >= 4 is 5.78 Å². The summed E-state index contributed by atoms with van der Waals surface area (Å²) in [5.74, 6) is -0.549. The first-order chi connectivity index (χ1) is 15.2. The highest BCUT2D eigenvalue weighted by Gasteiger charge is 2.45. The van der Waals surface area contributed by atoms with Gasteiger partial charge < -0.3 is 44.8 Å². The van der Waals surface area contributed by atoms with Crippen LogP contribution in [0.4, 0.5) is 0 Å². The molecule has 6 atom stereocenters. The van der Waals surface area contributed by atoms with Crippen molar-refractivity contribution < 1.29 is 49.6 Å². The third kappa shape index (κ3) is 3.87. The molecule has 2 aromatic rings. The third-order valence-electron chi connectivity index (χ3n) is 5.75. The quantitative estimate of drug-likeness (QED) is 0.383. The molecule has 2 aromatic carbocycles. The lowest BCUT2D eigenvalue weighted by Gasteiger charge is -2.39. The number of fused-ring (bicyclic) bond motifs is 1. The molecule has 32 heavy (non-hydrogen) atoms. The summed E-state index contributed by atoms with van der Waals surface area (Å²) >= 11 is 0. The lowest BCUT2D eigenvalue weighted by Crippen LogP contribution is -2.60. The Hall–Kier alpha value is -2.89. The van der Waals surface area contributed by atoms with E-state index in [1.54, 1.807) is 12.1 Å². The SMILES string of the molecule is Cc1c(O[C@@H]2O[C@H](CO)[C@@H](O)[C@H](O)[C@H]2O)cc2c(c1O)C(=O)CC(c1ccc(O)cc1)O2. The number of hydrogen-bond acceptors (Lipinski definition) is 10. The number of phenols is 2. The van der Waals surface area contributed by atoms with Gasteiger partial charge in [0.25, 0.3) is 0 Å². The number of aliphatic hydroxyl groups excluding tert-OH is 4. The van der Waals surface area contributed by atoms with Crippen molar-refractivity contribution in [2.45, 2.75) is 50.2 Å². The molecule has 0 spiro atoms. The van der Waals surface area contributed by atoms with Gasteiger partial charge in [-0.05, 0) is 24.6 Å². The molecule has 0 aromatic heterocycles. The second kappa shape index (κ2) is 8.57. The van der Waals surface area contributed by atoms with E-state index in [4.69, 9.17) is 14.2 Å². The number of phenolic OH excluding ortho intramolecular Hbond substituents is 2. The van der Waals surface area contributed by atoms with E-state index in [0.29, 0.717) is 5.56 Å². The molecule has 1 unspecified atom stereocenters. The highest BCUT2D eigenvalue weighted by Crippen LogP contribution is 2.45. The van der Waals surface area contributed by atoms with Crippen LogP contribution < -0.4 is 9.47 Å². The Morgan fingerprint density at radius 1 is 1.06 bits per heavy atom. The summed E-state index contributed by atoms with van der Waals surface area (Å²) in [6, 6.07) is 7.56. The lowest BCUT2D eigenvalue weighted by atomic mass is 9.94. The van der Waals surface area contributed by atoms with Crippen LogP contribution >= 0.6 is 0 Å². The molecule has 10 heteroatoms. The number of aliphatic hydroxyl groups is 4. The van der Waals surface area contributed by atoms with Crippen molar-refractivity contribution in [2.24, 2.45) is 0 Å². The van der Waals surface area contributed by atoms with Crippen LogP contribution in [0.25, 0.3) is 0 Å². The smallest absolute Gasteiger partial charge is 0.229 e. The predicted octanol–water partition coefficient (Wildman–Crippen LogP) is 0.291. The second-order valence-electron chi connectivity index (χ2n) is 7.86. The largest absolute Gasteiger partial charge is 0.508 e. The van der Waals surface area contributed by atoms with Crippen LogP contribution in [-0.2, 0) is 4.74 Å². The summed E-state index contributed by atoms with van der Waals surface area (Å²) in [4.78, 5) is 12.7. The van der Waals surface area contributed by atoms with Gasteiger partial charge in [0.15, 0.2) is 5.78 Å². The van der Waals surface area contributed by atoms with Crippen LogP contribution in [0.15, 0.2) is 30.3 Å². The monoisotopic (exact) mass is 448 g/mol. The van der Waals surface area contributed by atoms with Crippen molar-refractivity contribution in [3.63, 3.8) is 0 Å². The molecule has 1 fully saturated rings. The summed E-state index contributed by atoms with van der Waals surface area (Å²) in [5, 5.41) is 59.6. The van der Waals surface area contributed by atoms with Crippen LogP contribution in [-0.4, -0.2) is 73.7 Å². The minimum absolute atomic E-state index is 0.00122. The Labute approximate surface area is 182 Å². The highest BCUT2D eigenvalue weighted by molar-refractivity contribution is 6.03. The molecule has 6 N–H and O–H groups in total. The van der Waals surface area contributed by atoms with E-state index in [1.165, 1.54) is 25.1 Å². The zero-order chi connectivity index (χ0) is 23.2. The molecule has 0 saturated carbocycles. The Balaban J connectivity index is 1.64. The molecule has 0 bridgehead atoms. The van der Waals surface area contributed by atoms with Crippen molar-refractivity contribution in [2.75, 3.05) is 6.61 Å². The fourth-order valence-electron chi connectivity index (χ4n) is 3.84. The van der Waals surface area contributed by atoms with Crippen LogP contribution in [0.1, 0.15) is 34.0 Å². The van der Waals surface area contributed by atoms with E-state index >= 15 is 0 Å². The molecule has 0 amide bonds. The number of Topliss-reactive ketones (excluding diaryl/α,β-unsaturated/α-hetero) is 1. The minimum Gasteiger partial charge on any atom is -0.508 e. The number of carbonyl (C=O) groups is 1. The number of aromatic hydroxyl groups is 2. The first-order valence-corrected chi connectivity index (χ1v) is 10.0. The second-order valence-corrected chi connectivity index (χ2v) is 7.86. The molecule has 172 valence electrons. The van der Waals surface area contributed by atoms with E-state index in [9.17, 15) is 35.4 Å². The molecule has 2 aliphatic heterocycles. The maximum Gasteiger partial charge on any atom is 0.229 e. The van der Waals surface area contributed by atoms with Gasteiger partial charge in [0.2, 0.25) is 6.29 Å². The number of ether oxygens (including phenoxy) is 3. The van der Waals surface area contributed by atoms with Gasteiger partial charge in [-0.2, -0.15) is 0 Å². The van der Waals surface area contributed by atoms with E-state index in [2.05, 4.69) is 0 Å². The normalized spacial score (nSPS) is 29.8. The van der Waals surface area contributed by atoms with E-state index in [0.717, 1.165) is 0 Å². The van der Waals surface area contributed by atoms with Crippen molar-refractivity contribution in [1.82, 2.24) is 0 Å². The van der Waals surface area contributed by atoms with Crippen LogP contribution in [0, 0.1) is 6.92 Å². The van der Waals surface area contributed by atoms with Crippen LogP contribution in [0.2, 0.25) is 0 Å². The summed E-state index contributed by atoms with van der Waals surface area (Å²) in [7, 11) is 0. The van der Waals surface area contributed by atoms with Gasteiger partial charge in [0.05, 0.1) is 13.0 Å². The first kappa shape index (κ1) is 22.3. The highest BCUT2D eigenvalue weighted by atomic mass is 16.7. The van der Waals surface area contributed by atoms with Crippen LogP contribution in [0.5, 0.6) is 23.0 Å². The van der Waals surface area contributed by atoms with Gasteiger partial charge in [0.1, 0.15) is 59.1 Å². The van der Waals surface area contributed by atoms with Gasteiger partial charge >= 0.3 is 0 Å². The minimum atomic E-state index is -1.64. The lowest BCUT2D eigenvalue weighted by molar-refractivity contribution is -0.277. The molecular formula is C22H24O10. The molecule has 0 radical (unpaired) electrons. The molecule has 1 saturated heterocycles. The topological polar surface area (TPSA) is 166 Å². The molecule has 2 aliphatic rings. The fourth-order valence-corrected chi connectivity index (χ4v) is 3.84. The summed E-state index contributed by atoms with van der Waals surface area (Å²) in [6.07, 6.45) is -8.11. The summed E-state index contributed by atoms with van der Waals surface area (Å²) in [6.45, 7) is 0.874. The van der Waals surface area contributed by atoms with Crippen molar-refractivity contribution in [1.29, 1.82) is 0 Å². The Bertz CT molecular complexity index is 1000. The zero-order valence-corrected chi connectivity index (χ0v) is 17.1. The maximum absolute atomic E-state index is 12.7.